The highest BCUT2D eigenvalue weighted by molar-refractivity contribution is 7.89. The van der Waals surface area contributed by atoms with E-state index < -0.39 is 30.6 Å². The summed E-state index contributed by atoms with van der Waals surface area (Å²) in [6.45, 7) is 0. The van der Waals surface area contributed by atoms with Crippen LogP contribution in [0.5, 0.6) is 0 Å². The number of halogens is 3. The lowest BCUT2D eigenvalue weighted by molar-refractivity contribution is -0.384. The summed E-state index contributed by atoms with van der Waals surface area (Å²) in [7, 11) is -3.85. The van der Waals surface area contributed by atoms with Gasteiger partial charge in [0.15, 0.2) is 5.78 Å². The third-order valence-corrected chi connectivity index (χ3v) is 5.43. The zero-order valence-electron chi connectivity index (χ0n) is 14.0. The zero-order valence-corrected chi connectivity index (χ0v) is 17.1. The van der Waals surface area contributed by atoms with Gasteiger partial charge in [0.05, 0.1) is 15.9 Å². The fourth-order valence-electron chi connectivity index (χ4n) is 2.26. The van der Waals surface area contributed by atoms with Crippen LogP contribution in [-0.4, -0.2) is 29.0 Å². The molecule has 0 saturated heterocycles. The summed E-state index contributed by atoms with van der Waals surface area (Å²) < 4.78 is 20.7. The number of primary sulfonamides is 1. The van der Waals surface area contributed by atoms with Gasteiger partial charge in [0.2, 0.25) is 13.8 Å². The number of alkyl halides is 3. The van der Waals surface area contributed by atoms with E-state index in [0.717, 1.165) is 0 Å². The number of sulfonamides is 1. The van der Waals surface area contributed by atoms with E-state index in [-0.39, 0.29) is 22.6 Å². The average molecular weight is 467 g/mol. The van der Waals surface area contributed by atoms with Gasteiger partial charge in [0, 0.05) is 29.8 Å². The van der Waals surface area contributed by atoms with E-state index in [9.17, 15) is 23.3 Å². The molecule has 0 heterocycles. The zero-order chi connectivity index (χ0) is 21.1. The predicted octanol–water partition coefficient (Wildman–Crippen LogP) is 3.67. The van der Waals surface area contributed by atoms with Crippen molar-refractivity contribution in [1.82, 2.24) is 0 Å². The van der Waals surface area contributed by atoms with Crippen molar-refractivity contribution >= 4 is 62.0 Å². The highest BCUT2D eigenvalue weighted by Crippen LogP contribution is 2.35. The molecule has 28 heavy (non-hydrogen) atoms. The largest absolute Gasteiger partial charge is 0.378 e. The number of carbonyl (C=O) groups is 1. The summed E-state index contributed by atoms with van der Waals surface area (Å²) in [6.07, 6.45) is -0.231. The van der Waals surface area contributed by atoms with Gasteiger partial charge < -0.3 is 5.32 Å². The first-order valence-electron chi connectivity index (χ1n) is 7.61. The van der Waals surface area contributed by atoms with Crippen molar-refractivity contribution in [3.05, 3.63) is 64.2 Å². The molecule has 12 heteroatoms. The number of nitrogens with zero attached hydrogens (tertiary/aromatic N) is 1. The lowest BCUT2D eigenvalue weighted by atomic mass is 10.0. The predicted molar refractivity (Wildman–Crippen MR) is 108 cm³/mol. The van der Waals surface area contributed by atoms with Gasteiger partial charge in [-0.1, -0.05) is 34.8 Å². The lowest BCUT2D eigenvalue weighted by Gasteiger charge is -2.26. The van der Waals surface area contributed by atoms with Crippen LogP contribution in [0.1, 0.15) is 16.8 Å². The number of nitrogens with two attached hydrogens (primary N) is 1. The number of rotatable bonds is 7. The maximum absolute atomic E-state index is 12.5. The number of anilines is 1. The topological polar surface area (TPSA) is 132 Å². The number of non-ortho nitro benzene ring substituents is 1. The minimum absolute atomic E-state index is 0.0922. The quantitative estimate of drug-likeness (QED) is 0.277. The molecule has 0 saturated carbocycles. The molecular weight excluding hydrogens is 453 g/mol. The molecule has 0 aliphatic carbocycles. The van der Waals surface area contributed by atoms with E-state index >= 15 is 0 Å². The molecule has 1 unspecified atom stereocenters. The van der Waals surface area contributed by atoms with Crippen LogP contribution < -0.4 is 10.5 Å². The Morgan fingerprint density at radius 1 is 1.11 bits per heavy atom. The second-order valence-electron chi connectivity index (χ2n) is 5.74. The van der Waals surface area contributed by atoms with Gasteiger partial charge in [-0.15, -0.1) is 0 Å². The molecule has 0 spiro atoms. The number of nitro benzene ring substituents is 1. The third-order valence-electron chi connectivity index (χ3n) is 3.71. The summed E-state index contributed by atoms with van der Waals surface area (Å²) in [5.74, 6) is -0.403. The van der Waals surface area contributed by atoms with E-state index in [1.807, 2.05) is 0 Å². The molecular formula is C16H14Cl3N3O5S. The molecule has 2 rings (SSSR count). The van der Waals surface area contributed by atoms with E-state index in [0.29, 0.717) is 5.69 Å². The maximum Gasteiger partial charge on any atom is 0.269 e. The van der Waals surface area contributed by atoms with Gasteiger partial charge in [-0.2, -0.15) is 0 Å². The van der Waals surface area contributed by atoms with Crippen molar-refractivity contribution in [2.24, 2.45) is 5.14 Å². The van der Waals surface area contributed by atoms with Crippen LogP contribution in [0.25, 0.3) is 0 Å². The van der Waals surface area contributed by atoms with Gasteiger partial charge in [0.25, 0.3) is 5.69 Å². The van der Waals surface area contributed by atoms with Crippen LogP contribution in [0, 0.1) is 10.1 Å². The SMILES string of the molecule is NS(=O)(=O)c1ccc(NC(CC(=O)c2ccc([N+](=O)[O-])cc2)C(Cl)(Cl)Cl)cc1. The Hall–Kier alpha value is -1.91. The fourth-order valence-corrected chi connectivity index (χ4v) is 3.17. The number of carbonyl (C=O) groups excluding carboxylic acids is 1. The Morgan fingerprint density at radius 3 is 2.07 bits per heavy atom. The average Bonchev–Trinajstić information content (AvgIpc) is 2.60. The second-order valence-corrected chi connectivity index (χ2v) is 9.67. The number of benzene rings is 2. The Balaban J connectivity index is 2.17. The molecule has 0 aliphatic heterocycles. The summed E-state index contributed by atoms with van der Waals surface area (Å²) in [4.78, 5) is 22.5. The van der Waals surface area contributed by atoms with Crippen molar-refractivity contribution in [3.8, 4) is 0 Å². The second kappa shape index (κ2) is 8.62. The normalized spacial score (nSPS) is 13.0. The van der Waals surface area contributed by atoms with E-state index in [1.165, 1.54) is 48.5 Å². The lowest BCUT2D eigenvalue weighted by Crippen LogP contribution is -2.36. The monoisotopic (exact) mass is 465 g/mol. The molecule has 0 fully saturated rings. The summed E-state index contributed by atoms with van der Waals surface area (Å²) in [5.41, 5.74) is 0.471. The van der Waals surface area contributed by atoms with Gasteiger partial charge in [-0.25, -0.2) is 13.6 Å². The molecule has 3 N–H and O–H groups in total. The number of hydrogen-bond acceptors (Lipinski definition) is 6. The van der Waals surface area contributed by atoms with Crippen LogP contribution in [0.3, 0.4) is 0 Å². The van der Waals surface area contributed by atoms with Gasteiger partial charge in [0.1, 0.15) is 0 Å². The molecule has 1 atom stereocenters. The molecule has 2 aromatic carbocycles. The first-order chi connectivity index (χ1) is 12.9. The van der Waals surface area contributed by atoms with E-state index in [2.05, 4.69) is 5.32 Å². The first-order valence-corrected chi connectivity index (χ1v) is 10.3. The van der Waals surface area contributed by atoms with E-state index in [4.69, 9.17) is 39.9 Å². The first kappa shape index (κ1) is 22.4. The van der Waals surface area contributed by atoms with Crippen molar-refractivity contribution in [2.75, 3.05) is 5.32 Å². The summed E-state index contributed by atoms with van der Waals surface area (Å²) in [5, 5.41) is 18.6. The van der Waals surface area contributed by atoms with Gasteiger partial charge >= 0.3 is 0 Å². The fraction of sp³-hybridized carbons (Fsp3) is 0.188. The molecule has 0 bridgehead atoms. The standard InChI is InChI=1S/C16H14Cl3N3O5S/c17-16(18,19)15(21-11-3-7-13(8-4-11)28(20,26)27)9-14(23)10-1-5-12(6-2-10)22(24)25/h1-8,15,21H,9H2,(H2,20,26,27). The Kier molecular flexibility index (Phi) is 6.89. The Morgan fingerprint density at radius 2 is 1.64 bits per heavy atom. The summed E-state index contributed by atoms with van der Waals surface area (Å²) >= 11 is 17.9. The van der Waals surface area contributed by atoms with Crippen molar-refractivity contribution in [2.45, 2.75) is 21.2 Å². The highest BCUT2D eigenvalue weighted by Gasteiger charge is 2.34. The molecule has 2 aromatic rings. The number of nitro groups is 1. The molecule has 0 aliphatic rings. The molecule has 0 amide bonds. The minimum atomic E-state index is -3.85. The van der Waals surface area contributed by atoms with E-state index in [1.54, 1.807) is 0 Å². The molecule has 0 aromatic heterocycles. The van der Waals surface area contributed by atoms with Crippen molar-refractivity contribution in [3.63, 3.8) is 0 Å². The Bertz CT molecular complexity index is 974. The number of nitrogens with one attached hydrogen (secondary N) is 1. The van der Waals surface area contributed by atoms with Crippen LogP contribution >= 0.6 is 34.8 Å². The van der Waals surface area contributed by atoms with Crippen LogP contribution in [0.15, 0.2) is 53.4 Å². The van der Waals surface area contributed by atoms with Crippen molar-refractivity contribution in [1.29, 1.82) is 0 Å². The van der Waals surface area contributed by atoms with Gasteiger partial charge in [-0.3, -0.25) is 14.9 Å². The third kappa shape index (κ3) is 6.05. The van der Waals surface area contributed by atoms with Gasteiger partial charge in [-0.05, 0) is 36.4 Å². The number of ketones is 1. The smallest absolute Gasteiger partial charge is 0.269 e. The van der Waals surface area contributed by atoms with Crippen molar-refractivity contribution < 1.29 is 18.1 Å². The molecule has 0 radical (unpaired) electrons. The minimum Gasteiger partial charge on any atom is -0.378 e. The molecule has 8 nitrogen and oxygen atoms in total. The van der Waals surface area contributed by atoms with Crippen LogP contribution in [0.2, 0.25) is 0 Å². The Labute approximate surface area is 175 Å². The maximum atomic E-state index is 12.5. The highest BCUT2D eigenvalue weighted by atomic mass is 35.6. The summed E-state index contributed by atoms with van der Waals surface area (Å²) in [6, 6.07) is 9.46. The van der Waals surface area contributed by atoms with Crippen LogP contribution in [-0.2, 0) is 10.0 Å². The molecule has 150 valence electrons. The number of Topliss-reactive ketones (excluding diaryl/α,β-unsaturated/α-hetero) is 1. The van der Waals surface area contributed by atoms with Crippen LogP contribution in [0.4, 0.5) is 11.4 Å². The number of hydrogen-bond donors (Lipinski definition) is 2.